The van der Waals surface area contributed by atoms with Crippen LogP contribution in [-0.4, -0.2) is 23.1 Å². The molecular formula is C11H16FN3. The van der Waals surface area contributed by atoms with E-state index in [2.05, 4.69) is 15.3 Å². The van der Waals surface area contributed by atoms with Gasteiger partial charge in [-0.05, 0) is 31.8 Å². The van der Waals surface area contributed by atoms with Gasteiger partial charge in [-0.15, -0.1) is 0 Å². The second-order valence-corrected chi connectivity index (χ2v) is 4.09. The Morgan fingerprint density at radius 2 is 2.13 bits per heavy atom. The fourth-order valence-electron chi connectivity index (χ4n) is 1.97. The minimum absolute atomic E-state index is 0.363. The van der Waals surface area contributed by atoms with Gasteiger partial charge in [0, 0.05) is 6.42 Å². The minimum Gasteiger partial charge on any atom is -0.316 e. The van der Waals surface area contributed by atoms with Gasteiger partial charge in [-0.3, -0.25) is 0 Å². The van der Waals surface area contributed by atoms with E-state index in [0.29, 0.717) is 5.92 Å². The summed E-state index contributed by atoms with van der Waals surface area (Å²) in [5.74, 6) is 0.987. The Balaban J connectivity index is 1.92. The molecule has 1 fully saturated rings. The van der Waals surface area contributed by atoms with Crippen molar-refractivity contribution in [3.8, 4) is 0 Å². The van der Waals surface area contributed by atoms with E-state index < -0.39 is 0 Å². The fourth-order valence-corrected chi connectivity index (χ4v) is 1.97. The van der Waals surface area contributed by atoms with E-state index in [1.807, 2.05) is 0 Å². The van der Waals surface area contributed by atoms with Crippen LogP contribution in [0.1, 0.15) is 25.1 Å². The van der Waals surface area contributed by atoms with E-state index in [4.69, 9.17) is 0 Å². The molecule has 0 aromatic carbocycles. The molecule has 1 aromatic rings. The standard InChI is InChI=1S/C11H16FN3/c12-10-7-14-11(15-8-10)5-9-3-1-2-4-13-6-9/h7-9,13H,1-6H2. The van der Waals surface area contributed by atoms with E-state index in [-0.39, 0.29) is 5.82 Å². The minimum atomic E-state index is -0.363. The van der Waals surface area contributed by atoms with Crippen LogP contribution >= 0.6 is 0 Å². The largest absolute Gasteiger partial charge is 0.316 e. The molecule has 3 nitrogen and oxygen atoms in total. The van der Waals surface area contributed by atoms with Crippen LogP contribution < -0.4 is 5.32 Å². The molecule has 0 bridgehead atoms. The summed E-state index contributed by atoms with van der Waals surface area (Å²) in [6, 6.07) is 0. The lowest BCUT2D eigenvalue weighted by Gasteiger charge is -2.12. The molecule has 1 aliphatic heterocycles. The van der Waals surface area contributed by atoms with Crippen molar-refractivity contribution in [1.29, 1.82) is 0 Å². The Hall–Kier alpha value is -1.03. The highest BCUT2D eigenvalue weighted by molar-refractivity contribution is 4.93. The molecule has 2 rings (SSSR count). The molecule has 0 saturated carbocycles. The molecule has 1 unspecified atom stereocenters. The average molecular weight is 209 g/mol. The topological polar surface area (TPSA) is 37.8 Å². The molecule has 1 atom stereocenters. The monoisotopic (exact) mass is 209 g/mol. The lowest BCUT2D eigenvalue weighted by atomic mass is 9.99. The van der Waals surface area contributed by atoms with Gasteiger partial charge in [0.05, 0.1) is 12.4 Å². The molecule has 2 heterocycles. The van der Waals surface area contributed by atoms with Crippen molar-refractivity contribution in [2.45, 2.75) is 25.7 Å². The van der Waals surface area contributed by atoms with Crippen LogP contribution in [0, 0.1) is 11.7 Å². The SMILES string of the molecule is Fc1cnc(CC2CCCCNC2)nc1. The molecule has 0 spiro atoms. The van der Waals surface area contributed by atoms with Gasteiger partial charge in [0.1, 0.15) is 5.82 Å². The average Bonchev–Trinajstić information content (AvgIpc) is 2.50. The van der Waals surface area contributed by atoms with Crippen LogP contribution in [0.25, 0.3) is 0 Å². The molecule has 1 aliphatic rings. The third-order valence-electron chi connectivity index (χ3n) is 2.79. The van der Waals surface area contributed by atoms with Gasteiger partial charge in [0.2, 0.25) is 0 Å². The summed E-state index contributed by atoms with van der Waals surface area (Å²) in [4.78, 5) is 7.98. The Labute approximate surface area is 89.1 Å². The number of hydrogen-bond donors (Lipinski definition) is 1. The van der Waals surface area contributed by atoms with Crippen LogP contribution in [0.15, 0.2) is 12.4 Å². The third kappa shape index (κ3) is 3.23. The zero-order valence-corrected chi connectivity index (χ0v) is 8.75. The maximum Gasteiger partial charge on any atom is 0.159 e. The van der Waals surface area contributed by atoms with Gasteiger partial charge >= 0.3 is 0 Å². The molecule has 1 aromatic heterocycles. The molecule has 4 heteroatoms. The highest BCUT2D eigenvalue weighted by Gasteiger charge is 2.13. The zero-order valence-electron chi connectivity index (χ0n) is 8.75. The molecule has 1 N–H and O–H groups in total. The summed E-state index contributed by atoms with van der Waals surface area (Å²) in [5, 5.41) is 3.40. The van der Waals surface area contributed by atoms with E-state index in [0.717, 1.165) is 25.3 Å². The highest BCUT2D eigenvalue weighted by Crippen LogP contribution is 2.14. The first kappa shape index (κ1) is 10.5. The second-order valence-electron chi connectivity index (χ2n) is 4.09. The van der Waals surface area contributed by atoms with Crippen molar-refractivity contribution in [1.82, 2.24) is 15.3 Å². The number of aromatic nitrogens is 2. The summed E-state index contributed by atoms with van der Waals surface area (Å²) in [6.45, 7) is 2.14. The van der Waals surface area contributed by atoms with Crippen LogP contribution in [0.5, 0.6) is 0 Å². The maximum atomic E-state index is 12.6. The number of nitrogens with zero attached hydrogens (tertiary/aromatic N) is 2. The number of halogens is 1. The Morgan fingerprint density at radius 1 is 1.33 bits per heavy atom. The first-order valence-electron chi connectivity index (χ1n) is 5.52. The molecule has 0 radical (unpaired) electrons. The quantitative estimate of drug-likeness (QED) is 0.803. The lowest BCUT2D eigenvalue weighted by molar-refractivity contribution is 0.465. The molecular weight excluding hydrogens is 193 g/mol. The Kier molecular flexibility index (Phi) is 3.61. The van der Waals surface area contributed by atoms with Gasteiger partial charge in [0.15, 0.2) is 5.82 Å². The second kappa shape index (κ2) is 5.16. The van der Waals surface area contributed by atoms with E-state index in [9.17, 15) is 4.39 Å². The van der Waals surface area contributed by atoms with Crippen molar-refractivity contribution >= 4 is 0 Å². The first-order valence-corrected chi connectivity index (χ1v) is 5.52. The van der Waals surface area contributed by atoms with Crippen LogP contribution in [0.2, 0.25) is 0 Å². The molecule has 1 saturated heterocycles. The van der Waals surface area contributed by atoms with Crippen molar-refractivity contribution in [2.75, 3.05) is 13.1 Å². The van der Waals surface area contributed by atoms with E-state index in [1.165, 1.54) is 31.7 Å². The number of rotatable bonds is 2. The smallest absolute Gasteiger partial charge is 0.159 e. The summed E-state index contributed by atoms with van der Waals surface area (Å²) < 4.78 is 12.6. The summed E-state index contributed by atoms with van der Waals surface area (Å²) in [5.41, 5.74) is 0. The lowest BCUT2D eigenvalue weighted by Crippen LogP contribution is -2.22. The fraction of sp³-hybridized carbons (Fsp3) is 0.636. The van der Waals surface area contributed by atoms with Gasteiger partial charge in [-0.2, -0.15) is 0 Å². The summed E-state index contributed by atoms with van der Waals surface area (Å²) in [6.07, 6.45) is 7.07. The third-order valence-corrected chi connectivity index (χ3v) is 2.79. The van der Waals surface area contributed by atoms with Crippen molar-refractivity contribution in [2.24, 2.45) is 5.92 Å². The highest BCUT2D eigenvalue weighted by atomic mass is 19.1. The van der Waals surface area contributed by atoms with Gasteiger partial charge in [-0.25, -0.2) is 14.4 Å². The van der Waals surface area contributed by atoms with Crippen molar-refractivity contribution in [3.05, 3.63) is 24.0 Å². The van der Waals surface area contributed by atoms with Gasteiger partial charge in [0.25, 0.3) is 0 Å². The van der Waals surface area contributed by atoms with Gasteiger partial charge in [-0.1, -0.05) is 6.42 Å². The van der Waals surface area contributed by atoms with E-state index >= 15 is 0 Å². The normalized spacial score (nSPS) is 22.3. The maximum absolute atomic E-state index is 12.6. The van der Waals surface area contributed by atoms with Gasteiger partial charge < -0.3 is 5.32 Å². The number of hydrogen-bond acceptors (Lipinski definition) is 3. The number of nitrogens with one attached hydrogen (secondary N) is 1. The molecule has 15 heavy (non-hydrogen) atoms. The molecule has 0 amide bonds. The molecule has 0 aliphatic carbocycles. The van der Waals surface area contributed by atoms with E-state index in [1.54, 1.807) is 0 Å². The van der Waals surface area contributed by atoms with Crippen LogP contribution in [-0.2, 0) is 6.42 Å². The van der Waals surface area contributed by atoms with Crippen LogP contribution in [0.3, 0.4) is 0 Å². The predicted octanol–water partition coefficient (Wildman–Crippen LogP) is 1.55. The zero-order chi connectivity index (χ0) is 10.5. The Morgan fingerprint density at radius 3 is 2.93 bits per heavy atom. The first-order chi connectivity index (χ1) is 7.34. The predicted molar refractivity (Wildman–Crippen MR) is 55.9 cm³/mol. The summed E-state index contributed by atoms with van der Waals surface area (Å²) >= 11 is 0. The Bertz CT molecular complexity index is 291. The molecule has 82 valence electrons. The summed E-state index contributed by atoms with van der Waals surface area (Å²) in [7, 11) is 0. The van der Waals surface area contributed by atoms with Crippen molar-refractivity contribution in [3.63, 3.8) is 0 Å². The van der Waals surface area contributed by atoms with Crippen molar-refractivity contribution < 1.29 is 4.39 Å². The van der Waals surface area contributed by atoms with Crippen LogP contribution in [0.4, 0.5) is 4.39 Å².